The van der Waals surface area contributed by atoms with Crippen LogP contribution in [0.25, 0.3) is 23.3 Å². The van der Waals surface area contributed by atoms with Gasteiger partial charge in [-0.2, -0.15) is 0 Å². The number of carbonyl (C=O) groups excluding carboxylic acids is 2. The number of carbonyl (C=O) groups is 2. The predicted octanol–water partition coefficient (Wildman–Crippen LogP) is 9.66. The molecule has 4 aliphatic rings. The third-order valence-electron chi connectivity index (χ3n) is 12.9. The van der Waals surface area contributed by atoms with E-state index in [1.54, 1.807) is 26.0 Å². The molecule has 62 heavy (non-hydrogen) atoms. The Morgan fingerprint density at radius 1 is 0.613 bits per heavy atom. The van der Waals surface area contributed by atoms with Gasteiger partial charge in [0.25, 0.3) is 11.4 Å². The molecule has 0 saturated heterocycles. The summed E-state index contributed by atoms with van der Waals surface area (Å²) >= 11 is 0. The molecule has 0 amide bonds. The minimum Gasteiger partial charge on any atom is -0.466 e. The van der Waals surface area contributed by atoms with Gasteiger partial charge in [0.1, 0.15) is 11.5 Å². The lowest BCUT2D eigenvalue weighted by Gasteiger charge is -2.47. The second-order valence-electron chi connectivity index (χ2n) is 17.1. The molecular weight excluding hydrogens is 793 g/mol. The highest BCUT2D eigenvalue weighted by Gasteiger charge is 2.60. The first kappa shape index (κ1) is 42.0. The minimum atomic E-state index is -1.02. The number of rotatable bonds is 13. The van der Waals surface area contributed by atoms with Crippen LogP contribution in [0.15, 0.2) is 84.9 Å². The molecular formula is C48H50N4O10. The Bertz CT molecular complexity index is 2390. The smallest absolute Gasteiger partial charge is 0.305 e. The summed E-state index contributed by atoms with van der Waals surface area (Å²) in [5, 5.41) is 23.2. The summed E-state index contributed by atoms with van der Waals surface area (Å²) in [7, 11) is 0. The molecule has 0 saturated carbocycles. The Morgan fingerprint density at radius 3 is 1.39 bits per heavy atom. The van der Waals surface area contributed by atoms with Gasteiger partial charge in [0.15, 0.2) is 0 Å². The van der Waals surface area contributed by atoms with Crippen molar-refractivity contribution in [1.82, 2.24) is 0 Å². The first-order valence-corrected chi connectivity index (χ1v) is 21.1. The van der Waals surface area contributed by atoms with Gasteiger partial charge in [0, 0.05) is 72.7 Å². The van der Waals surface area contributed by atoms with Gasteiger partial charge in [-0.3, -0.25) is 29.8 Å². The van der Waals surface area contributed by atoms with Crippen LogP contribution in [-0.2, 0) is 29.9 Å². The maximum atomic E-state index is 12.5. The maximum Gasteiger partial charge on any atom is 0.305 e. The molecule has 2 atom stereocenters. The third kappa shape index (κ3) is 6.72. The van der Waals surface area contributed by atoms with Crippen molar-refractivity contribution < 1.29 is 38.4 Å². The molecule has 4 aromatic carbocycles. The molecule has 0 fully saturated rings. The van der Waals surface area contributed by atoms with Crippen molar-refractivity contribution in [3.05, 3.63) is 127 Å². The zero-order valence-corrected chi connectivity index (χ0v) is 35.8. The van der Waals surface area contributed by atoms with Crippen LogP contribution < -0.4 is 19.3 Å². The van der Waals surface area contributed by atoms with E-state index in [1.165, 1.54) is 24.3 Å². The van der Waals surface area contributed by atoms with E-state index in [2.05, 4.69) is 73.9 Å². The Kier molecular flexibility index (Phi) is 10.6. The minimum absolute atomic E-state index is 0.0248. The summed E-state index contributed by atoms with van der Waals surface area (Å²) < 4.78 is 24.4. The maximum absolute atomic E-state index is 12.5. The fraction of sp³-hybridized carbons (Fsp3) is 0.375. The Labute approximate surface area is 360 Å². The lowest BCUT2D eigenvalue weighted by Crippen LogP contribution is -2.59. The molecule has 4 heterocycles. The van der Waals surface area contributed by atoms with E-state index in [9.17, 15) is 29.8 Å². The van der Waals surface area contributed by atoms with E-state index in [0.717, 1.165) is 33.6 Å². The van der Waals surface area contributed by atoms with Crippen molar-refractivity contribution in [2.45, 2.75) is 89.5 Å². The number of non-ortho nitro benzene ring substituents is 2. The predicted molar refractivity (Wildman–Crippen MR) is 235 cm³/mol. The molecule has 0 N–H and O–H groups in total. The number of benzene rings is 4. The molecule has 14 heteroatoms. The van der Waals surface area contributed by atoms with Crippen molar-refractivity contribution in [2.24, 2.45) is 0 Å². The quantitative estimate of drug-likeness (QED) is 0.0712. The Morgan fingerprint density at radius 2 is 1.02 bits per heavy atom. The molecule has 14 nitrogen and oxygen atoms in total. The van der Waals surface area contributed by atoms with E-state index >= 15 is 0 Å². The van der Waals surface area contributed by atoms with Crippen molar-refractivity contribution in [2.75, 3.05) is 36.1 Å². The highest BCUT2D eigenvalue weighted by molar-refractivity contribution is 5.81. The largest absolute Gasteiger partial charge is 0.466 e. The second kappa shape index (κ2) is 15.6. The molecule has 2 unspecified atom stereocenters. The standard InChI is InChI=1S/C48H50N4O10/c1-7-59-43(53)11-9-25-49-39-17-13-31(29-37(39)45(3,4)47(49)23-21-33-27-35(51(55)56)15-19-41(33)61-47)32-14-18-40-38(30-32)46(5,6)48(50(40)26-10-12-44(54)60-8-2)24-22-34-28-36(52(57)58)16-20-42(34)62-48/h13-24,27-30H,7-12,25-26H2,1-6H3. The van der Waals surface area contributed by atoms with Crippen LogP contribution in [-0.4, -0.2) is 59.5 Å². The highest BCUT2D eigenvalue weighted by Crippen LogP contribution is 2.58. The van der Waals surface area contributed by atoms with Gasteiger partial charge in [0.05, 0.1) is 33.9 Å². The molecule has 4 aromatic rings. The van der Waals surface area contributed by atoms with Crippen molar-refractivity contribution >= 4 is 46.8 Å². The molecule has 0 radical (unpaired) electrons. The number of hydrogen-bond acceptors (Lipinski definition) is 12. The third-order valence-corrected chi connectivity index (χ3v) is 12.9. The summed E-state index contributed by atoms with van der Waals surface area (Å²) in [4.78, 5) is 51.7. The van der Waals surface area contributed by atoms with Gasteiger partial charge in [-0.1, -0.05) is 12.1 Å². The lowest BCUT2D eigenvalue weighted by molar-refractivity contribution is -0.385. The van der Waals surface area contributed by atoms with Crippen molar-refractivity contribution in [1.29, 1.82) is 0 Å². The number of nitrogens with zero attached hydrogens (tertiary/aromatic N) is 4. The lowest BCUT2D eigenvalue weighted by atomic mass is 9.75. The van der Waals surface area contributed by atoms with Gasteiger partial charge in [-0.15, -0.1) is 0 Å². The molecule has 0 aliphatic carbocycles. The summed E-state index contributed by atoms with van der Waals surface area (Å²) in [6, 6.07) is 22.0. The van der Waals surface area contributed by atoms with Crippen LogP contribution in [0.2, 0.25) is 0 Å². The average molecular weight is 843 g/mol. The second-order valence-corrected chi connectivity index (χ2v) is 17.1. The highest BCUT2D eigenvalue weighted by atomic mass is 16.6. The van der Waals surface area contributed by atoms with Crippen LogP contribution in [0.5, 0.6) is 11.5 Å². The van der Waals surface area contributed by atoms with Crippen molar-refractivity contribution in [3.8, 4) is 22.6 Å². The Hall–Kier alpha value is -6.70. The molecule has 2 spiro atoms. The number of anilines is 2. The van der Waals surface area contributed by atoms with E-state index in [-0.39, 0.29) is 36.2 Å². The van der Waals surface area contributed by atoms with Gasteiger partial charge >= 0.3 is 11.9 Å². The van der Waals surface area contributed by atoms with E-state index < -0.39 is 32.1 Å². The van der Waals surface area contributed by atoms with Gasteiger partial charge < -0.3 is 28.7 Å². The number of esters is 2. The number of nitro benzene ring substituents is 2. The molecule has 0 bridgehead atoms. The fourth-order valence-corrected chi connectivity index (χ4v) is 9.64. The summed E-state index contributed by atoms with van der Waals surface area (Å²) in [5.74, 6) is 0.510. The topological polar surface area (TPSA) is 164 Å². The fourth-order valence-electron chi connectivity index (χ4n) is 9.64. The van der Waals surface area contributed by atoms with Crippen LogP contribution in [0, 0.1) is 20.2 Å². The SMILES string of the molecule is CCOC(=O)CCCN1c2ccc(-c3ccc4c(c3)C(C)(C)C3(C=Cc5cc([N+](=O)[O-])ccc5O3)N4CCCC(=O)OCC)cc2C(C)(C)C12C=Cc1cc([N+](=O)[O-])ccc1O2. The first-order chi connectivity index (χ1) is 29.6. The monoisotopic (exact) mass is 842 g/mol. The molecule has 322 valence electrons. The zero-order valence-electron chi connectivity index (χ0n) is 35.8. The zero-order chi connectivity index (χ0) is 44.2. The van der Waals surface area contributed by atoms with Crippen LogP contribution in [0.4, 0.5) is 22.7 Å². The Balaban J connectivity index is 1.18. The number of nitro groups is 2. The molecule has 4 aliphatic heterocycles. The summed E-state index contributed by atoms with van der Waals surface area (Å²) in [6.07, 6.45) is 9.22. The first-order valence-electron chi connectivity index (χ1n) is 21.1. The number of fused-ring (bicyclic) bond motifs is 4. The summed E-state index contributed by atoms with van der Waals surface area (Å²) in [6.45, 7) is 13.7. The van der Waals surface area contributed by atoms with Crippen LogP contribution in [0.1, 0.15) is 89.5 Å². The van der Waals surface area contributed by atoms with Gasteiger partial charge in [-0.25, -0.2) is 0 Å². The molecule has 8 rings (SSSR count). The average Bonchev–Trinajstić information content (AvgIpc) is 3.53. The van der Waals surface area contributed by atoms with E-state index in [4.69, 9.17) is 18.9 Å². The van der Waals surface area contributed by atoms with Gasteiger partial charge in [-0.05, 0) is 137 Å². The van der Waals surface area contributed by atoms with Crippen molar-refractivity contribution in [3.63, 3.8) is 0 Å². The normalized spacial score (nSPS) is 20.5. The molecule has 0 aromatic heterocycles. The number of hydrogen-bond donors (Lipinski definition) is 0. The van der Waals surface area contributed by atoms with Crippen LogP contribution in [0.3, 0.4) is 0 Å². The van der Waals surface area contributed by atoms with E-state index in [0.29, 0.717) is 61.8 Å². The summed E-state index contributed by atoms with van der Waals surface area (Å²) in [5.41, 5.74) is 3.72. The number of ether oxygens (including phenoxy) is 4. The van der Waals surface area contributed by atoms with Gasteiger partial charge in [0.2, 0.25) is 11.4 Å². The van der Waals surface area contributed by atoms with E-state index in [1.807, 2.05) is 24.3 Å². The van der Waals surface area contributed by atoms with Crippen LogP contribution >= 0.6 is 0 Å².